The molecule has 0 amide bonds. The number of carbonyl (C=O) groups is 1. The second kappa shape index (κ2) is 7.45. The van der Waals surface area contributed by atoms with Gasteiger partial charge in [-0.25, -0.2) is 0 Å². The SMILES string of the molecule is CCc1ccc(CC(=O)c2cc(OC)cc(OC)c2)cc1Br. The third-order valence-corrected chi connectivity index (χ3v) is 4.27. The lowest BCUT2D eigenvalue weighted by Gasteiger charge is -2.09. The van der Waals surface area contributed by atoms with Crippen LogP contribution >= 0.6 is 15.9 Å². The van der Waals surface area contributed by atoms with Gasteiger partial charge in [0.15, 0.2) is 5.78 Å². The van der Waals surface area contributed by atoms with Crippen molar-refractivity contribution in [3.05, 3.63) is 57.6 Å². The number of hydrogen-bond donors (Lipinski definition) is 0. The number of halogens is 1. The van der Waals surface area contributed by atoms with Gasteiger partial charge in [0.2, 0.25) is 0 Å². The molecule has 0 aliphatic carbocycles. The van der Waals surface area contributed by atoms with Crippen molar-refractivity contribution in [1.82, 2.24) is 0 Å². The van der Waals surface area contributed by atoms with Crippen molar-refractivity contribution < 1.29 is 14.3 Å². The lowest BCUT2D eigenvalue weighted by Crippen LogP contribution is -2.05. The Kier molecular flexibility index (Phi) is 5.61. The molecule has 116 valence electrons. The van der Waals surface area contributed by atoms with Gasteiger partial charge in [0.25, 0.3) is 0 Å². The smallest absolute Gasteiger partial charge is 0.167 e. The molecule has 22 heavy (non-hydrogen) atoms. The van der Waals surface area contributed by atoms with Crippen molar-refractivity contribution in [1.29, 1.82) is 0 Å². The van der Waals surface area contributed by atoms with Crippen molar-refractivity contribution in [2.75, 3.05) is 14.2 Å². The summed E-state index contributed by atoms with van der Waals surface area (Å²) in [5.41, 5.74) is 2.81. The highest BCUT2D eigenvalue weighted by Gasteiger charge is 2.11. The van der Waals surface area contributed by atoms with Crippen LogP contribution in [0.15, 0.2) is 40.9 Å². The Morgan fingerprint density at radius 1 is 1.05 bits per heavy atom. The average Bonchev–Trinajstić information content (AvgIpc) is 2.54. The first-order valence-corrected chi connectivity index (χ1v) is 7.90. The Hall–Kier alpha value is -1.81. The molecule has 0 fully saturated rings. The molecule has 0 heterocycles. The van der Waals surface area contributed by atoms with E-state index < -0.39 is 0 Å². The van der Waals surface area contributed by atoms with Crippen molar-refractivity contribution in [3.63, 3.8) is 0 Å². The Morgan fingerprint density at radius 3 is 2.18 bits per heavy atom. The molecule has 0 N–H and O–H groups in total. The number of ketones is 1. The van der Waals surface area contributed by atoms with Crippen molar-refractivity contribution in [3.8, 4) is 11.5 Å². The predicted molar refractivity (Wildman–Crippen MR) is 91.1 cm³/mol. The van der Waals surface area contributed by atoms with E-state index in [-0.39, 0.29) is 5.78 Å². The fourth-order valence-electron chi connectivity index (χ4n) is 2.24. The molecule has 0 aliphatic heterocycles. The second-order valence-corrected chi connectivity index (χ2v) is 5.83. The van der Waals surface area contributed by atoms with Gasteiger partial charge in [-0.15, -0.1) is 0 Å². The van der Waals surface area contributed by atoms with Crippen LogP contribution in [-0.2, 0) is 12.8 Å². The third kappa shape index (κ3) is 3.89. The number of methoxy groups -OCH3 is 2. The van der Waals surface area contributed by atoms with Crippen LogP contribution in [0.1, 0.15) is 28.4 Å². The Balaban J connectivity index is 2.23. The van der Waals surface area contributed by atoms with E-state index in [1.165, 1.54) is 5.56 Å². The highest BCUT2D eigenvalue weighted by atomic mass is 79.9. The zero-order chi connectivity index (χ0) is 16.1. The molecule has 0 aliphatic rings. The van der Waals surface area contributed by atoms with Gasteiger partial charge >= 0.3 is 0 Å². The number of carbonyl (C=O) groups excluding carboxylic acids is 1. The van der Waals surface area contributed by atoms with Crippen LogP contribution in [0.5, 0.6) is 11.5 Å². The summed E-state index contributed by atoms with van der Waals surface area (Å²) in [5, 5.41) is 0. The maximum absolute atomic E-state index is 12.5. The molecule has 0 radical (unpaired) electrons. The monoisotopic (exact) mass is 362 g/mol. The van der Waals surface area contributed by atoms with Crippen molar-refractivity contribution in [2.45, 2.75) is 19.8 Å². The molecule has 2 aromatic rings. The van der Waals surface area contributed by atoms with Crippen LogP contribution in [0.4, 0.5) is 0 Å². The van der Waals surface area contributed by atoms with Crippen molar-refractivity contribution >= 4 is 21.7 Å². The van der Waals surface area contributed by atoms with E-state index >= 15 is 0 Å². The minimum absolute atomic E-state index is 0.0355. The van der Waals surface area contributed by atoms with Gasteiger partial charge in [0.1, 0.15) is 11.5 Å². The van der Waals surface area contributed by atoms with E-state index in [9.17, 15) is 4.79 Å². The number of aryl methyl sites for hydroxylation is 1. The third-order valence-electron chi connectivity index (χ3n) is 3.54. The molecule has 2 aromatic carbocycles. The number of hydrogen-bond acceptors (Lipinski definition) is 3. The Bertz CT molecular complexity index is 658. The molecule has 4 heteroatoms. The second-order valence-electron chi connectivity index (χ2n) is 4.98. The molecule has 0 aromatic heterocycles. The maximum atomic E-state index is 12.5. The van der Waals surface area contributed by atoms with Gasteiger partial charge in [-0.2, -0.15) is 0 Å². The highest BCUT2D eigenvalue weighted by Crippen LogP contribution is 2.24. The van der Waals surface area contributed by atoms with Gasteiger partial charge < -0.3 is 9.47 Å². The van der Waals surface area contributed by atoms with Crippen LogP contribution in [0.3, 0.4) is 0 Å². The zero-order valence-corrected chi connectivity index (χ0v) is 14.6. The van der Waals surface area contributed by atoms with Crippen LogP contribution < -0.4 is 9.47 Å². The summed E-state index contributed by atoms with van der Waals surface area (Å²) in [7, 11) is 3.15. The number of ether oxygens (including phenoxy) is 2. The molecular weight excluding hydrogens is 344 g/mol. The molecule has 0 spiro atoms. The molecule has 0 saturated heterocycles. The summed E-state index contributed by atoms with van der Waals surface area (Å²) in [6.45, 7) is 2.10. The van der Waals surface area contributed by atoms with Crippen molar-refractivity contribution in [2.24, 2.45) is 0 Å². The predicted octanol–water partition coefficient (Wildman–Crippen LogP) is 4.45. The highest BCUT2D eigenvalue weighted by molar-refractivity contribution is 9.10. The van der Waals surface area contributed by atoms with Crippen LogP contribution in [0.25, 0.3) is 0 Å². The minimum atomic E-state index is 0.0355. The fraction of sp³-hybridized carbons (Fsp3) is 0.278. The Labute approximate surface area is 139 Å². The molecule has 3 nitrogen and oxygen atoms in total. The van der Waals surface area contributed by atoms with Gasteiger partial charge in [-0.05, 0) is 35.7 Å². The van der Waals surface area contributed by atoms with Crippen LogP contribution in [-0.4, -0.2) is 20.0 Å². The quantitative estimate of drug-likeness (QED) is 0.711. The summed E-state index contributed by atoms with van der Waals surface area (Å²) in [6, 6.07) is 11.3. The first kappa shape index (κ1) is 16.6. The summed E-state index contributed by atoms with van der Waals surface area (Å²) < 4.78 is 11.5. The van der Waals surface area contributed by atoms with E-state index in [0.29, 0.717) is 23.5 Å². The van der Waals surface area contributed by atoms with Gasteiger partial charge in [0.05, 0.1) is 14.2 Å². The Morgan fingerprint density at radius 2 is 1.68 bits per heavy atom. The molecule has 0 unspecified atom stereocenters. The van der Waals surface area contributed by atoms with E-state index in [1.807, 2.05) is 12.1 Å². The summed E-state index contributed by atoms with van der Waals surface area (Å²) >= 11 is 3.55. The van der Waals surface area contributed by atoms with Gasteiger partial charge in [0, 0.05) is 22.5 Å². The lowest BCUT2D eigenvalue weighted by atomic mass is 10.0. The molecule has 2 rings (SSSR count). The zero-order valence-electron chi connectivity index (χ0n) is 13.0. The molecule has 0 saturated carbocycles. The summed E-state index contributed by atoms with van der Waals surface area (Å²) in [5.74, 6) is 1.27. The maximum Gasteiger partial charge on any atom is 0.167 e. The minimum Gasteiger partial charge on any atom is -0.497 e. The molecule has 0 bridgehead atoms. The van der Waals surface area contributed by atoms with E-state index in [4.69, 9.17) is 9.47 Å². The topological polar surface area (TPSA) is 35.5 Å². The normalized spacial score (nSPS) is 10.4. The van der Waals surface area contributed by atoms with Gasteiger partial charge in [-0.3, -0.25) is 4.79 Å². The number of benzene rings is 2. The number of rotatable bonds is 6. The van der Waals surface area contributed by atoms with E-state index in [1.54, 1.807) is 32.4 Å². The lowest BCUT2D eigenvalue weighted by molar-refractivity contribution is 0.0992. The molecule has 0 atom stereocenters. The number of Topliss-reactive ketones (excluding diaryl/α,β-unsaturated/α-hetero) is 1. The van der Waals surface area contributed by atoms with Gasteiger partial charge in [-0.1, -0.05) is 35.0 Å². The summed E-state index contributed by atoms with van der Waals surface area (Å²) in [6.07, 6.45) is 1.31. The first-order chi connectivity index (χ1) is 10.6. The molecular formula is C18H19BrO3. The van der Waals surface area contributed by atoms with E-state index in [0.717, 1.165) is 16.5 Å². The average molecular weight is 363 g/mol. The largest absolute Gasteiger partial charge is 0.497 e. The van der Waals surface area contributed by atoms with Crippen LogP contribution in [0.2, 0.25) is 0 Å². The standard InChI is InChI=1S/C18H19BrO3/c1-4-13-6-5-12(7-17(13)19)8-18(20)14-9-15(21-2)11-16(10-14)22-3/h5-7,9-11H,4,8H2,1-3H3. The first-order valence-electron chi connectivity index (χ1n) is 7.11. The fourth-order valence-corrected chi connectivity index (χ4v) is 2.95. The van der Waals surface area contributed by atoms with E-state index in [2.05, 4.69) is 28.9 Å². The van der Waals surface area contributed by atoms with Crippen LogP contribution in [0, 0.1) is 0 Å². The summed E-state index contributed by atoms with van der Waals surface area (Å²) in [4.78, 5) is 12.5.